The average molecular weight is 210 g/mol. The lowest BCUT2D eigenvalue weighted by atomic mass is 10.2. The van der Waals surface area contributed by atoms with Gasteiger partial charge in [-0.05, 0) is 24.6 Å². The highest BCUT2D eigenvalue weighted by atomic mass is 19.1. The van der Waals surface area contributed by atoms with Crippen molar-refractivity contribution in [2.45, 2.75) is 12.5 Å². The van der Waals surface area contributed by atoms with Gasteiger partial charge in [-0.3, -0.25) is 0 Å². The fraction of sp³-hybridized carbons (Fsp3) is 0.455. The number of methoxy groups -OCH3 is 1. The van der Waals surface area contributed by atoms with Crippen molar-refractivity contribution in [1.29, 1.82) is 0 Å². The fourth-order valence-electron chi connectivity index (χ4n) is 1.87. The third-order valence-corrected chi connectivity index (χ3v) is 2.83. The number of nitrogen functional groups attached to an aromatic ring is 1. The third kappa shape index (κ3) is 2.04. The lowest BCUT2D eigenvalue weighted by molar-refractivity contribution is 0.121. The highest BCUT2D eigenvalue weighted by molar-refractivity contribution is 5.54. The number of nitrogens with zero attached hydrogens (tertiary/aromatic N) is 1. The zero-order valence-electron chi connectivity index (χ0n) is 8.74. The molecular formula is C11H15FN2O. The Bertz CT molecular complexity index is 356. The number of hydrogen-bond donors (Lipinski definition) is 1. The molecule has 1 fully saturated rings. The minimum Gasteiger partial charge on any atom is -0.396 e. The summed E-state index contributed by atoms with van der Waals surface area (Å²) in [4.78, 5) is 2.11. The van der Waals surface area contributed by atoms with Crippen LogP contribution in [0.1, 0.15) is 6.42 Å². The first-order chi connectivity index (χ1) is 7.20. The lowest BCUT2D eigenvalue weighted by Gasteiger charge is -2.18. The standard InChI is InChI=1S/C11H15FN2O/c1-15-9-4-5-14(7-9)8-2-3-11(13)10(12)6-8/h2-3,6,9H,4-5,7,13H2,1H3/t9-/m0/s1. The minimum atomic E-state index is -0.353. The second kappa shape index (κ2) is 4.06. The molecule has 4 heteroatoms. The highest BCUT2D eigenvalue weighted by Gasteiger charge is 2.22. The molecule has 1 aliphatic rings. The maximum Gasteiger partial charge on any atom is 0.148 e. The molecule has 0 amide bonds. The zero-order chi connectivity index (χ0) is 10.8. The van der Waals surface area contributed by atoms with Gasteiger partial charge in [-0.15, -0.1) is 0 Å². The van der Waals surface area contributed by atoms with Crippen LogP contribution < -0.4 is 10.6 Å². The van der Waals surface area contributed by atoms with Gasteiger partial charge in [-0.1, -0.05) is 0 Å². The Kier molecular flexibility index (Phi) is 2.77. The molecule has 1 aromatic carbocycles. The lowest BCUT2D eigenvalue weighted by Crippen LogP contribution is -2.22. The van der Waals surface area contributed by atoms with E-state index in [4.69, 9.17) is 10.5 Å². The Morgan fingerprint density at radius 1 is 1.53 bits per heavy atom. The average Bonchev–Trinajstić information content (AvgIpc) is 2.70. The summed E-state index contributed by atoms with van der Waals surface area (Å²) < 4.78 is 18.5. The predicted octanol–water partition coefficient (Wildman–Crippen LogP) is 1.63. The summed E-state index contributed by atoms with van der Waals surface area (Å²) in [6.45, 7) is 1.72. The molecule has 1 heterocycles. The number of anilines is 2. The molecular weight excluding hydrogens is 195 g/mol. The van der Waals surface area contributed by atoms with Gasteiger partial charge in [0.15, 0.2) is 0 Å². The molecule has 1 aliphatic heterocycles. The molecule has 15 heavy (non-hydrogen) atoms. The second-order valence-corrected chi connectivity index (χ2v) is 3.80. The van der Waals surface area contributed by atoms with Crippen LogP contribution in [-0.2, 0) is 4.74 Å². The number of ether oxygens (including phenoxy) is 1. The summed E-state index contributed by atoms with van der Waals surface area (Å²) in [5.41, 5.74) is 6.49. The topological polar surface area (TPSA) is 38.5 Å². The van der Waals surface area contributed by atoms with E-state index in [2.05, 4.69) is 4.90 Å². The van der Waals surface area contributed by atoms with Gasteiger partial charge in [0, 0.05) is 25.9 Å². The molecule has 0 bridgehead atoms. The minimum absolute atomic E-state index is 0.196. The Labute approximate surface area is 88.6 Å². The van der Waals surface area contributed by atoms with Crippen molar-refractivity contribution in [2.24, 2.45) is 0 Å². The summed E-state index contributed by atoms with van der Waals surface area (Å²) in [7, 11) is 1.71. The summed E-state index contributed by atoms with van der Waals surface area (Å²) in [6.07, 6.45) is 1.24. The molecule has 0 spiro atoms. The molecule has 1 atom stereocenters. The van der Waals surface area contributed by atoms with Gasteiger partial charge >= 0.3 is 0 Å². The van der Waals surface area contributed by atoms with Crippen LogP contribution in [0.4, 0.5) is 15.8 Å². The van der Waals surface area contributed by atoms with Crippen molar-refractivity contribution in [2.75, 3.05) is 30.8 Å². The number of halogens is 1. The molecule has 3 nitrogen and oxygen atoms in total. The molecule has 0 radical (unpaired) electrons. The van der Waals surface area contributed by atoms with Gasteiger partial charge in [0.2, 0.25) is 0 Å². The monoisotopic (exact) mass is 210 g/mol. The van der Waals surface area contributed by atoms with Gasteiger partial charge in [0.05, 0.1) is 11.8 Å². The van der Waals surface area contributed by atoms with E-state index in [1.165, 1.54) is 6.07 Å². The normalized spacial score (nSPS) is 20.9. The van der Waals surface area contributed by atoms with E-state index in [1.807, 2.05) is 6.07 Å². The van der Waals surface area contributed by atoms with E-state index in [-0.39, 0.29) is 17.6 Å². The Morgan fingerprint density at radius 2 is 2.33 bits per heavy atom. The quantitative estimate of drug-likeness (QED) is 0.754. The van der Waals surface area contributed by atoms with Crippen molar-refractivity contribution < 1.29 is 9.13 Å². The smallest absolute Gasteiger partial charge is 0.148 e. The number of nitrogens with two attached hydrogens (primary N) is 1. The van der Waals surface area contributed by atoms with Gasteiger partial charge in [0.25, 0.3) is 0 Å². The van der Waals surface area contributed by atoms with Crippen LogP contribution in [0.3, 0.4) is 0 Å². The number of hydrogen-bond acceptors (Lipinski definition) is 3. The highest BCUT2D eigenvalue weighted by Crippen LogP contribution is 2.24. The van der Waals surface area contributed by atoms with Crippen LogP contribution in [-0.4, -0.2) is 26.3 Å². The van der Waals surface area contributed by atoms with Crippen molar-refractivity contribution in [1.82, 2.24) is 0 Å². The van der Waals surface area contributed by atoms with Gasteiger partial charge in [-0.2, -0.15) is 0 Å². The van der Waals surface area contributed by atoms with Crippen LogP contribution >= 0.6 is 0 Å². The van der Waals surface area contributed by atoms with Crippen LogP contribution in [0.5, 0.6) is 0 Å². The first-order valence-corrected chi connectivity index (χ1v) is 5.03. The molecule has 0 saturated carbocycles. The van der Waals surface area contributed by atoms with Gasteiger partial charge in [0.1, 0.15) is 5.82 Å². The van der Waals surface area contributed by atoms with Crippen molar-refractivity contribution in [3.63, 3.8) is 0 Å². The van der Waals surface area contributed by atoms with Crippen molar-refractivity contribution in [3.8, 4) is 0 Å². The zero-order valence-corrected chi connectivity index (χ0v) is 8.74. The van der Waals surface area contributed by atoms with E-state index in [0.717, 1.165) is 25.2 Å². The molecule has 2 N–H and O–H groups in total. The van der Waals surface area contributed by atoms with Crippen LogP contribution in [0.2, 0.25) is 0 Å². The molecule has 82 valence electrons. The number of rotatable bonds is 2. The first kappa shape index (κ1) is 10.2. The van der Waals surface area contributed by atoms with E-state index in [1.54, 1.807) is 13.2 Å². The Morgan fingerprint density at radius 3 is 2.93 bits per heavy atom. The first-order valence-electron chi connectivity index (χ1n) is 5.03. The molecule has 0 aliphatic carbocycles. The van der Waals surface area contributed by atoms with Crippen LogP contribution in [0.15, 0.2) is 18.2 Å². The second-order valence-electron chi connectivity index (χ2n) is 3.80. The summed E-state index contributed by atoms with van der Waals surface area (Å²) in [6, 6.07) is 4.93. The summed E-state index contributed by atoms with van der Waals surface area (Å²) in [5, 5.41) is 0. The van der Waals surface area contributed by atoms with E-state index < -0.39 is 0 Å². The summed E-state index contributed by atoms with van der Waals surface area (Å²) in [5.74, 6) is -0.353. The number of benzene rings is 1. The van der Waals surface area contributed by atoms with Crippen LogP contribution in [0.25, 0.3) is 0 Å². The third-order valence-electron chi connectivity index (χ3n) is 2.83. The van der Waals surface area contributed by atoms with Crippen LogP contribution in [0, 0.1) is 5.82 Å². The van der Waals surface area contributed by atoms with E-state index in [0.29, 0.717) is 0 Å². The largest absolute Gasteiger partial charge is 0.396 e. The molecule has 0 aromatic heterocycles. The molecule has 0 unspecified atom stereocenters. The van der Waals surface area contributed by atoms with E-state index >= 15 is 0 Å². The molecule has 2 rings (SSSR count). The van der Waals surface area contributed by atoms with Crippen molar-refractivity contribution in [3.05, 3.63) is 24.0 Å². The van der Waals surface area contributed by atoms with E-state index in [9.17, 15) is 4.39 Å². The van der Waals surface area contributed by atoms with Gasteiger partial charge < -0.3 is 15.4 Å². The fourth-order valence-corrected chi connectivity index (χ4v) is 1.87. The molecule has 1 saturated heterocycles. The predicted molar refractivity (Wildman–Crippen MR) is 58.4 cm³/mol. The Hall–Kier alpha value is -1.29. The van der Waals surface area contributed by atoms with Crippen molar-refractivity contribution >= 4 is 11.4 Å². The summed E-state index contributed by atoms with van der Waals surface area (Å²) >= 11 is 0. The maximum absolute atomic E-state index is 13.2. The SMILES string of the molecule is CO[C@H]1CCN(c2ccc(N)c(F)c2)C1. The van der Waals surface area contributed by atoms with Gasteiger partial charge in [-0.25, -0.2) is 4.39 Å². The maximum atomic E-state index is 13.2. The molecule has 1 aromatic rings. The Balaban J connectivity index is 2.13.